The molecule has 0 aliphatic rings. The number of pyridine rings is 1. The van der Waals surface area contributed by atoms with Gasteiger partial charge >= 0.3 is 6.18 Å². The van der Waals surface area contributed by atoms with Gasteiger partial charge in [0, 0.05) is 6.42 Å². The van der Waals surface area contributed by atoms with Crippen LogP contribution in [0.1, 0.15) is 11.5 Å². The van der Waals surface area contributed by atoms with Gasteiger partial charge in [-0.15, -0.1) is 10.2 Å². The Kier molecular flexibility index (Phi) is 2.55. The zero-order valence-electron chi connectivity index (χ0n) is 8.07. The first-order valence-corrected chi connectivity index (χ1v) is 4.55. The molecular weight excluding hydrogens is 223 g/mol. The molecule has 0 aliphatic heterocycles. The molecule has 16 heavy (non-hydrogen) atoms. The average Bonchev–Trinajstić information content (AvgIpc) is 2.61. The first-order chi connectivity index (χ1) is 7.54. The van der Waals surface area contributed by atoms with Gasteiger partial charge < -0.3 is 5.11 Å². The Bertz CT molecular complexity index is 506. The van der Waals surface area contributed by atoms with Crippen LogP contribution in [-0.2, 0) is 12.6 Å². The van der Waals surface area contributed by atoms with E-state index in [1.165, 1.54) is 12.1 Å². The quantitative estimate of drug-likeness (QED) is 0.847. The molecule has 7 heteroatoms. The third kappa shape index (κ3) is 1.73. The first-order valence-electron chi connectivity index (χ1n) is 4.55. The molecule has 0 fully saturated rings. The number of aliphatic hydroxyl groups excluding tert-OH is 1. The summed E-state index contributed by atoms with van der Waals surface area (Å²) >= 11 is 0. The SMILES string of the molecule is OCCc1nnc2cccc(C(F)(F)F)n12. The monoisotopic (exact) mass is 231 g/mol. The smallest absolute Gasteiger partial charge is 0.396 e. The molecule has 0 spiro atoms. The molecule has 1 N–H and O–H groups in total. The lowest BCUT2D eigenvalue weighted by Crippen LogP contribution is -2.13. The van der Waals surface area contributed by atoms with E-state index in [9.17, 15) is 13.2 Å². The van der Waals surface area contributed by atoms with Crippen LogP contribution in [0.4, 0.5) is 13.2 Å². The Balaban J connectivity index is 2.68. The maximum absolute atomic E-state index is 12.7. The predicted molar refractivity (Wildman–Crippen MR) is 48.8 cm³/mol. The first kappa shape index (κ1) is 10.9. The van der Waals surface area contributed by atoms with Gasteiger partial charge in [-0.2, -0.15) is 13.2 Å². The molecule has 0 bridgehead atoms. The summed E-state index contributed by atoms with van der Waals surface area (Å²) in [6.07, 6.45) is -4.43. The van der Waals surface area contributed by atoms with Crippen LogP contribution in [-0.4, -0.2) is 26.3 Å². The summed E-state index contributed by atoms with van der Waals surface area (Å²) in [5, 5.41) is 16.0. The van der Waals surface area contributed by atoms with Gasteiger partial charge in [0.2, 0.25) is 0 Å². The zero-order chi connectivity index (χ0) is 11.8. The van der Waals surface area contributed by atoms with E-state index >= 15 is 0 Å². The molecule has 0 amide bonds. The Morgan fingerprint density at radius 3 is 2.62 bits per heavy atom. The highest BCUT2D eigenvalue weighted by Gasteiger charge is 2.34. The molecule has 0 saturated heterocycles. The van der Waals surface area contributed by atoms with Crippen LogP contribution in [0.2, 0.25) is 0 Å². The molecule has 0 saturated carbocycles. The molecule has 2 aromatic heterocycles. The Hall–Kier alpha value is -1.63. The van der Waals surface area contributed by atoms with Gasteiger partial charge in [0.15, 0.2) is 5.65 Å². The van der Waals surface area contributed by atoms with Crippen LogP contribution in [0.15, 0.2) is 18.2 Å². The summed E-state index contributed by atoms with van der Waals surface area (Å²) in [4.78, 5) is 0. The van der Waals surface area contributed by atoms with Crippen LogP contribution in [0.25, 0.3) is 5.65 Å². The van der Waals surface area contributed by atoms with Crippen molar-refractivity contribution in [2.24, 2.45) is 0 Å². The molecule has 0 unspecified atom stereocenters. The number of alkyl halides is 3. The zero-order valence-corrected chi connectivity index (χ0v) is 8.07. The molecule has 0 aromatic carbocycles. The highest BCUT2D eigenvalue weighted by atomic mass is 19.4. The van der Waals surface area contributed by atoms with Gasteiger partial charge in [-0.3, -0.25) is 4.40 Å². The fraction of sp³-hybridized carbons (Fsp3) is 0.333. The van der Waals surface area contributed by atoms with Crippen LogP contribution < -0.4 is 0 Å². The van der Waals surface area contributed by atoms with E-state index in [1.807, 2.05) is 0 Å². The molecule has 2 aromatic rings. The van der Waals surface area contributed by atoms with E-state index in [1.54, 1.807) is 0 Å². The third-order valence-corrected chi connectivity index (χ3v) is 2.12. The summed E-state index contributed by atoms with van der Waals surface area (Å²) < 4.78 is 38.9. The van der Waals surface area contributed by atoms with E-state index in [0.29, 0.717) is 0 Å². The van der Waals surface area contributed by atoms with E-state index in [4.69, 9.17) is 5.11 Å². The fourth-order valence-electron chi connectivity index (χ4n) is 1.48. The second-order valence-corrected chi connectivity index (χ2v) is 3.19. The van der Waals surface area contributed by atoms with Gasteiger partial charge in [0.1, 0.15) is 11.5 Å². The van der Waals surface area contributed by atoms with Crippen LogP contribution >= 0.6 is 0 Å². The summed E-state index contributed by atoms with van der Waals surface area (Å²) in [6, 6.07) is 3.66. The van der Waals surface area contributed by atoms with E-state index in [2.05, 4.69) is 10.2 Å². The maximum Gasteiger partial charge on any atom is 0.431 e. The van der Waals surface area contributed by atoms with Gasteiger partial charge in [0.25, 0.3) is 0 Å². The Morgan fingerprint density at radius 2 is 2.00 bits per heavy atom. The minimum atomic E-state index is -4.47. The third-order valence-electron chi connectivity index (χ3n) is 2.12. The Morgan fingerprint density at radius 1 is 1.25 bits per heavy atom. The summed E-state index contributed by atoms with van der Waals surface area (Å²) in [6.45, 7) is -0.271. The maximum atomic E-state index is 12.7. The van der Waals surface area contributed by atoms with Gasteiger partial charge in [-0.25, -0.2) is 0 Å². The van der Waals surface area contributed by atoms with Crippen LogP contribution in [0.5, 0.6) is 0 Å². The highest BCUT2D eigenvalue weighted by Crippen LogP contribution is 2.29. The van der Waals surface area contributed by atoms with E-state index in [-0.39, 0.29) is 24.5 Å². The largest absolute Gasteiger partial charge is 0.431 e. The number of fused-ring (bicyclic) bond motifs is 1. The number of hydrogen-bond donors (Lipinski definition) is 1. The molecule has 2 rings (SSSR count). The fourth-order valence-corrected chi connectivity index (χ4v) is 1.48. The number of nitrogens with zero attached hydrogens (tertiary/aromatic N) is 3. The van der Waals surface area contributed by atoms with Crippen molar-refractivity contribution in [1.29, 1.82) is 0 Å². The van der Waals surface area contributed by atoms with Gasteiger partial charge in [0.05, 0.1) is 6.61 Å². The van der Waals surface area contributed by atoms with E-state index in [0.717, 1.165) is 10.5 Å². The minimum Gasteiger partial charge on any atom is -0.396 e. The van der Waals surface area contributed by atoms with Crippen molar-refractivity contribution in [2.75, 3.05) is 6.61 Å². The molecule has 2 heterocycles. The van der Waals surface area contributed by atoms with Crippen molar-refractivity contribution in [3.63, 3.8) is 0 Å². The number of rotatable bonds is 2. The van der Waals surface area contributed by atoms with Crippen LogP contribution in [0.3, 0.4) is 0 Å². The lowest BCUT2D eigenvalue weighted by atomic mass is 10.3. The number of hydrogen-bond acceptors (Lipinski definition) is 3. The van der Waals surface area contributed by atoms with Crippen molar-refractivity contribution in [1.82, 2.24) is 14.6 Å². The summed E-state index contributed by atoms with van der Waals surface area (Å²) in [7, 11) is 0. The lowest BCUT2D eigenvalue weighted by molar-refractivity contribution is -0.142. The molecule has 4 nitrogen and oxygen atoms in total. The van der Waals surface area contributed by atoms with Crippen molar-refractivity contribution in [3.05, 3.63) is 29.7 Å². The molecule has 86 valence electrons. The van der Waals surface area contributed by atoms with Crippen molar-refractivity contribution >= 4 is 5.65 Å². The van der Waals surface area contributed by atoms with Gasteiger partial charge in [-0.05, 0) is 12.1 Å². The molecular formula is C9H8F3N3O. The van der Waals surface area contributed by atoms with Gasteiger partial charge in [-0.1, -0.05) is 6.07 Å². The standard InChI is InChI=1S/C9H8F3N3O/c10-9(11,12)6-2-1-3-7-13-14-8(4-5-16)15(6)7/h1-3,16H,4-5H2. The predicted octanol–water partition coefficient (Wildman–Crippen LogP) is 1.28. The highest BCUT2D eigenvalue weighted by molar-refractivity contribution is 5.40. The van der Waals surface area contributed by atoms with Crippen molar-refractivity contribution in [2.45, 2.75) is 12.6 Å². The number of halogens is 3. The summed E-state index contributed by atoms with van der Waals surface area (Å²) in [5.74, 6) is 0.102. The number of aliphatic hydroxyl groups is 1. The number of aromatic nitrogens is 3. The van der Waals surface area contributed by atoms with E-state index < -0.39 is 11.9 Å². The minimum absolute atomic E-state index is 0.0360. The van der Waals surface area contributed by atoms with Crippen molar-refractivity contribution < 1.29 is 18.3 Å². The Labute approximate surface area is 88.3 Å². The summed E-state index contributed by atoms with van der Waals surface area (Å²) in [5.41, 5.74) is -0.711. The molecule has 0 radical (unpaired) electrons. The van der Waals surface area contributed by atoms with Crippen molar-refractivity contribution in [3.8, 4) is 0 Å². The molecule has 0 aliphatic carbocycles. The molecule has 0 atom stereocenters. The lowest BCUT2D eigenvalue weighted by Gasteiger charge is -2.10. The second-order valence-electron chi connectivity index (χ2n) is 3.19. The topological polar surface area (TPSA) is 50.4 Å². The second kappa shape index (κ2) is 3.75. The van der Waals surface area contributed by atoms with Crippen LogP contribution in [0, 0.1) is 0 Å². The normalized spacial score (nSPS) is 12.2. The average molecular weight is 231 g/mol.